The number of halogens is 6. The molecule has 2 aliphatic heterocycles. The molecular formula is C18H14Cl3F3N2O4S. The van der Waals surface area contributed by atoms with E-state index in [1.54, 1.807) is 30.3 Å². The predicted octanol–water partition coefficient (Wildman–Crippen LogP) is 3.36. The number of alkyl halides is 6. The molecule has 1 fully saturated rings. The number of esters is 1. The second kappa shape index (κ2) is 9.09. The Morgan fingerprint density at radius 1 is 1.19 bits per heavy atom. The molecule has 2 heterocycles. The Morgan fingerprint density at radius 3 is 2.42 bits per heavy atom. The third kappa shape index (κ3) is 5.60. The van der Waals surface area contributed by atoms with E-state index in [9.17, 15) is 27.6 Å². The Morgan fingerprint density at radius 2 is 1.84 bits per heavy atom. The molecule has 1 aromatic carbocycles. The predicted molar refractivity (Wildman–Crippen MR) is 109 cm³/mol. The van der Waals surface area contributed by atoms with Gasteiger partial charge in [-0.05, 0) is 5.56 Å². The van der Waals surface area contributed by atoms with E-state index in [1.165, 1.54) is 0 Å². The van der Waals surface area contributed by atoms with Crippen LogP contribution in [0.1, 0.15) is 5.56 Å². The number of amides is 2. The van der Waals surface area contributed by atoms with Crippen molar-refractivity contribution in [3.8, 4) is 0 Å². The van der Waals surface area contributed by atoms with Crippen molar-refractivity contribution in [2.45, 2.75) is 27.8 Å². The molecule has 0 saturated carbocycles. The lowest BCUT2D eigenvalue weighted by molar-refractivity contribution is -0.154. The lowest BCUT2D eigenvalue weighted by atomic mass is 10.0. The number of benzene rings is 1. The van der Waals surface area contributed by atoms with Gasteiger partial charge in [-0.25, -0.2) is 4.79 Å². The highest BCUT2D eigenvalue weighted by atomic mass is 35.6. The number of nitrogens with zero attached hydrogens (tertiary/aromatic N) is 1. The van der Waals surface area contributed by atoms with Crippen LogP contribution in [0.5, 0.6) is 0 Å². The molecule has 1 saturated heterocycles. The lowest BCUT2D eigenvalue weighted by Gasteiger charge is -2.49. The molecule has 0 aromatic heterocycles. The minimum Gasteiger partial charge on any atom is -0.456 e. The summed E-state index contributed by atoms with van der Waals surface area (Å²) in [5.41, 5.74) is -1.48. The molecule has 6 nitrogen and oxygen atoms in total. The van der Waals surface area contributed by atoms with Crippen LogP contribution >= 0.6 is 46.6 Å². The van der Waals surface area contributed by atoms with Crippen molar-refractivity contribution in [1.82, 2.24) is 10.2 Å². The van der Waals surface area contributed by atoms with Gasteiger partial charge in [-0.1, -0.05) is 65.1 Å². The van der Waals surface area contributed by atoms with Gasteiger partial charge in [-0.3, -0.25) is 14.5 Å². The van der Waals surface area contributed by atoms with Crippen LogP contribution in [0.25, 0.3) is 0 Å². The summed E-state index contributed by atoms with van der Waals surface area (Å²) in [6.07, 6.45) is -4.89. The van der Waals surface area contributed by atoms with Crippen molar-refractivity contribution >= 4 is 64.3 Å². The number of fused-ring (bicyclic) bond motifs is 1. The molecule has 13 heteroatoms. The molecule has 3 rings (SSSR count). The molecule has 2 atom stereocenters. The second-order valence-corrected chi connectivity index (χ2v) is 10.3. The molecule has 1 N–H and O–H groups in total. The maximum Gasteiger partial charge on any atom is 0.415 e. The van der Waals surface area contributed by atoms with Crippen molar-refractivity contribution in [2.75, 3.05) is 12.4 Å². The first-order chi connectivity index (χ1) is 14.4. The quantitative estimate of drug-likeness (QED) is 0.368. The van der Waals surface area contributed by atoms with E-state index in [0.717, 1.165) is 11.8 Å². The third-order valence-corrected chi connectivity index (χ3v) is 6.00. The van der Waals surface area contributed by atoms with E-state index < -0.39 is 62.8 Å². The van der Waals surface area contributed by atoms with Crippen molar-refractivity contribution in [2.24, 2.45) is 0 Å². The zero-order valence-electron chi connectivity index (χ0n) is 15.4. The SMILES string of the molecule is O=C(Cc1ccccc1)NC1C(=O)N2C(C(=O)OCC(Cl)(Cl)Cl)=C(C(F)(F)F)CS[C@H]12. The number of hydrogen-bond donors (Lipinski definition) is 1. The van der Waals surface area contributed by atoms with Crippen LogP contribution in [0.2, 0.25) is 0 Å². The highest BCUT2D eigenvalue weighted by Crippen LogP contribution is 2.45. The molecule has 2 amide bonds. The van der Waals surface area contributed by atoms with Crippen LogP contribution in [0.15, 0.2) is 41.6 Å². The van der Waals surface area contributed by atoms with Crippen LogP contribution in [-0.4, -0.2) is 56.4 Å². The molecule has 168 valence electrons. The van der Waals surface area contributed by atoms with Crippen molar-refractivity contribution in [3.63, 3.8) is 0 Å². The summed E-state index contributed by atoms with van der Waals surface area (Å²) >= 11 is 17.2. The van der Waals surface area contributed by atoms with Crippen LogP contribution in [-0.2, 0) is 25.5 Å². The number of ether oxygens (including phenoxy) is 1. The van der Waals surface area contributed by atoms with Gasteiger partial charge in [-0.2, -0.15) is 13.2 Å². The molecule has 1 aromatic rings. The minimum atomic E-state index is -4.88. The molecule has 0 radical (unpaired) electrons. The number of nitrogens with one attached hydrogen (secondary N) is 1. The first-order valence-corrected chi connectivity index (χ1v) is 10.9. The highest BCUT2D eigenvalue weighted by molar-refractivity contribution is 8.00. The topological polar surface area (TPSA) is 75.7 Å². The Bertz CT molecular complexity index is 922. The fraction of sp³-hybridized carbons (Fsp3) is 0.389. The summed E-state index contributed by atoms with van der Waals surface area (Å²) in [6, 6.07) is 7.64. The normalized spacial score (nSPS) is 21.4. The molecule has 0 aliphatic carbocycles. The van der Waals surface area contributed by atoms with Gasteiger partial charge in [0.1, 0.15) is 23.7 Å². The average Bonchev–Trinajstić information content (AvgIpc) is 2.68. The van der Waals surface area contributed by atoms with Crippen LogP contribution in [0.4, 0.5) is 13.2 Å². The van der Waals surface area contributed by atoms with Crippen molar-refractivity contribution in [1.29, 1.82) is 0 Å². The smallest absolute Gasteiger partial charge is 0.415 e. The molecule has 31 heavy (non-hydrogen) atoms. The maximum absolute atomic E-state index is 13.5. The number of rotatable bonds is 5. The second-order valence-electron chi connectivity index (χ2n) is 6.63. The molecule has 0 spiro atoms. The van der Waals surface area contributed by atoms with Crippen LogP contribution in [0, 0.1) is 0 Å². The van der Waals surface area contributed by atoms with E-state index >= 15 is 0 Å². The molecule has 0 bridgehead atoms. The summed E-state index contributed by atoms with van der Waals surface area (Å²) in [5, 5.41) is 1.62. The monoisotopic (exact) mass is 516 g/mol. The molecular weight excluding hydrogens is 504 g/mol. The third-order valence-electron chi connectivity index (χ3n) is 4.39. The standard InChI is InChI=1S/C18H14Cl3F3N2O4S/c19-17(20,21)8-30-16(29)13-10(18(22,23)24)7-31-15-12(14(28)26(13)15)25-11(27)6-9-4-2-1-3-5-9/h1-5,12,15H,6-8H2,(H,25,27)/t12?,15-/m1/s1. The van der Waals surface area contributed by atoms with Gasteiger partial charge in [0.2, 0.25) is 9.70 Å². The van der Waals surface area contributed by atoms with E-state index in [-0.39, 0.29) is 6.42 Å². The van der Waals surface area contributed by atoms with Crippen molar-refractivity contribution in [3.05, 3.63) is 47.2 Å². The summed E-state index contributed by atoms with van der Waals surface area (Å²) in [7, 11) is 0. The van der Waals surface area contributed by atoms with Crippen molar-refractivity contribution < 1.29 is 32.3 Å². The van der Waals surface area contributed by atoms with Gasteiger partial charge in [0.05, 0.1) is 12.0 Å². The largest absolute Gasteiger partial charge is 0.456 e. The summed E-state index contributed by atoms with van der Waals surface area (Å²) in [5.74, 6) is -3.38. The van der Waals surface area contributed by atoms with Crippen LogP contribution < -0.4 is 5.32 Å². The number of thioether (sulfide) groups is 1. The van der Waals surface area contributed by atoms with Gasteiger partial charge in [-0.15, -0.1) is 11.8 Å². The Balaban J connectivity index is 1.76. The first kappa shape index (κ1) is 24.0. The van der Waals surface area contributed by atoms with Gasteiger partial charge in [0.25, 0.3) is 5.91 Å². The fourth-order valence-corrected chi connectivity index (χ4v) is 4.58. The number of carbonyl (C=O) groups is 3. The maximum atomic E-state index is 13.5. The van der Waals surface area contributed by atoms with Gasteiger partial charge in [0, 0.05) is 5.75 Å². The molecule has 2 aliphatic rings. The van der Waals surface area contributed by atoms with Gasteiger partial charge in [0.15, 0.2) is 0 Å². The summed E-state index contributed by atoms with van der Waals surface area (Å²) in [4.78, 5) is 37.9. The van der Waals surface area contributed by atoms with Crippen LogP contribution in [0.3, 0.4) is 0 Å². The number of carbonyl (C=O) groups excluding carboxylic acids is 3. The van der Waals surface area contributed by atoms with E-state index in [0.29, 0.717) is 10.5 Å². The molecule has 1 unspecified atom stereocenters. The highest BCUT2D eigenvalue weighted by Gasteiger charge is 2.57. The summed E-state index contributed by atoms with van der Waals surface area (Å²) < 4.78 is 43.0. The summed E-state index contributed by atoms with van der Waals surface area (Å²) in [6.45, 7) is -0.803. The first-order valence-electron chi connectivity index (χ1n) is 8.70. The van der Waals surface area contributed by atoms with E-state index in [1.807, 2.05) is 0 Å². The van der Waals surface area contributed by atoms with Gasteiger partial charge < -0.3 is 10.1 Å². The lowest BCUT2D eigenvalue weighted by Crippen LogP contribution is -2.71. The Kier molecular flexibility index (Phi) is 7.05. The average molecular weight is 518 g/mol. The van der Waals surface area contributed by atoms with Gasteiger partial charge >= 0.3 is 12.1 Å². The van der Waals surface area contributed by atoms with E-state index in [4.69, 9.17) is 34.8 Å². The van der Waals surface area contributed by atoms with E-state index in [2.05, 4.69) is 10.1 Å². The number of hydrogen-bond acceptors (Lipinski definition) is 5. The Labute approximate surface area is 194 Å². The fourth-order valence-electron chi connectivity index (χ4n) is 3.05. The zero-order chi connectivity index (χ0) is 23.0. The Hall–Kier alpha value is -1.62. The number of β-lactam (4-membered cyclic amide) rings is 1. The zero-order valence-corrected chi connectivity index (χ0v) is 18.5. The minimum absolute atomic E-state index is 0.0101.